The maximum atomic E-state index is 12.4. The summed E-state index contributed by atoms with van der Waals surface area (Å²) in [5, 5.41) is 6.51. The van der Waals surface area contributed by atoms with Gasteiger partial charge in [0.15, 0.2) is 5.11 Å². The van der Waals surface area contributed by atoms with Crippen molar-refractivity contribution < 1.29 is 4.79 Å². The van der Waals surface area contributed by atoms with E-state index in [-0.39, 0.29) is 15.7 Å². The van der Waals surface area contributed by atoms with E-state index in [4.69, 9.17) is 35.4 Å². The number of hydrogen-bond acceptors (Lipinski definition) is 3. The van der Waals surface area contributed by atoms with E-state index >= 15 is 0 Å². The first-order chi connectivity index (χ1) is 12.1. The van der Waals surface area contributed by atoms with Gasteiger partial charge in [0.25, 0.3) is 5.91 Å². The summed E-state index contributed by atoms with van der Waals surface area (Å²) in [7, 11) is 0. The molecule has 25 heavy (non-hydrogen) atoms. The third-order valence-corrected chi connectivity index (χ3v) is 5.05. The number of halogens is 2. The van der Waals surface area contributed by atoms with Gasteiger partial charge in [-0.05, 0) is 49.3 Å². The van der Waals surface area contributed by atoms with Crippen LogP contribution in [0.1, 0.15) is 23.2 Å². The Labute approximate surface area is 162 Å². The van der Waals surface area contributed by atoms with Gasteiger partial charge < -0.3 is 10.2 Å². The lowest BCUT2D eigenvalue weighted by Gasteiger charge is -2.22. The molecule has 130 valence electrons. The van der Waals surface area contributed by atoms with Crippen molar-refractivity contribution in [2.45, 2.75) is 12.8 Å². The fourth-order valence-electron chi connectivity index (χ4n) is 2.82. The molecule has 2 aromatic rings. The molecule has 1 aliphatic heterocycles. The van der Waals surface area contributed by atoms with Crippen LogP contribution in [0.4, 0.5) is 11.4 Å². The Kier molecular flexibility index (Phi) is 5.78. The van der Waals surface area contributed by atoms with E-state index in [1.807, 2.05) is 24.3 Å². The molecule has 2 aromatic carbocycles. The summed E-state index contributed by atoms with van der Waals surface area (Å²) >= 11 is 17.3. The minimum absolute atomic E-state index is 0.210. The monoisotopic (exact) mass is 393 g/mol. The van der Waals surface area contributed by atoms with Gasteiger partial charge in [-0.2, -0.15) is 0 Å². The highest BCUT2D eigenvalue weighted by Gasteiger charge is 2.17. The molecule has 7 heteroatoms. The van der Waals surface area contributed by atoms with Gasteiger partial charge in [0.05, 0.1) is 27.0 Å². The van der Waals surface area contributed by atoms with Crippen LogP contribution in [-0.2, 0) is 0 Å². The minimum atomic E-state index is -0.399. The molecule has 0 spiro atoms. The summed E-state index contributed by atoms with van der Waals surface area (Å²) in [5.41, 5.74) is 2.23. The molecule has 1 heterocycles. The van der Waals surface area contributed by atoms with E-state index in [9.17, 15) is 4.79 Å². The summed E-state index contributed by atoms with van der Waals surface area (Å²) in [6, 6.07) is 12.8. The molecule has 0 bridgehead atoms. The minimum Gasteiger partial charge on any atom is -0.370 e. The lowest BCUT2D eigenvalue weighted by molar-refractivity contribution is 0.0978. The van der Waals surface area contributed by atoms with Gasteiger partial charge >= 0.3 is 0 Å². The van der Waals surface area contributed by atoms with Crippen molar-refractivity contribution in [3.63, 3.8) is 0 Å². The average Bonchev–Trinajstić information content (AvgIpc) is 3.12. The van der Waals surface area contributed by atoms with E-state index in [0.29, 0.717) is 5.02 Å². The number of hydrogen-bond donors (Lipinski definition) is 2. The fourth-order valence-corrected chi connectivity index (χ4v) is 3.41. The van der Waals surface area contributed by atoms with E-state index in [2.05, 4.69) is 15.5 Å². The fraction of sp³-hybridized carbons (Fsp3) is 0.222. The predicted octanol–water partition coefficient (Wildman–Crippen LogP) is 4.72. The normalized spacial score (nSPS) is 13.6. The van der Waals surface area contributed by atoms with Gasteiger partial charge in [-0.15, -0.1) is 0 Å². The zero-order chi connectivity index (χ0) is 17.8. The number of rotatable bonds is 3. The van der Waals surface area contributed by atoms with E-state index in [1.165, 1.54) is 12.8 Å². The number of benzene rings is 2. The number of amides is 1. The Balaban J connectivity index is 1.71. The first-order valence-electron chi connectivity index (χ1n) is 7.96. The highest BCUT2D eigenvalue weighted by Crippen LogP contribution is 2.29. The number of carbonyl (C=O) groups is 1. The molecule has 4 nitrogen and oxygen atoms in total. The largest absolute Gasteiger partial charge is 0.370 e. The highest BCUT2D eigenvalue weighted by molar-refractivity contribution is 7.80. The standard InChI is InChI=1S/C18H17Cl2N3OS/c19-13-7-5-6-12(16(13)20)17(24)22-18(25)21-14-8-1-2-9-15(14)23-10-3-4-11-23/h1-2,5-9H,3-4,10-11H2,(H2,21,22,24,25). The Bertz CT molecular complexity index is 807. The van der Waals surface area contributed by atoms with Crippen molar-refractivity contribution in [2.24, 2.45) is 0 Å². The molecule has 1 saturated heterocycles. The van der Waals surface area contributed by atoms with Crippen LogP contribution in [0.15, 0.2) is 42.5 Å². The second-order valence-corrected chi connectivity index (χ2v) is 6.91. The number of nitrogens with one attached hydrogen (secondary N) is 2. The molecular formula is C18H17Cl2N3OS. The van der Waals surface area contributed by atoms with Crippen LogP contribution in [0.25, 0.3) is 0 Å². The third-order valence-electron chi connectivity index (χ3n) is 4.02. The summed E-state index contributed by atoms with van der Waals surface area (Å²) in [5.74, 6) is -0.399. The molecule has 1 aliphatic rings. The Hall–Kier alpha value is -1.82. The predicted molar refractivity (Wildman–Crippen MR) is 108 cm³/mol. The van der Waals surface area contributed by atoms with E-state index < -0.39 is 5.91 Å². The van der Waals surface area contributed by atoms with Crippen LogP contribution >= 0.6 is 35.4 Å². The first kappa shape index (κ1) is 18.0. The maximum Gasteiger partial charge on any atom is 0.258 e. The topological polar surface area (TPSA) is 44.4 Å². The molecule has 0 atom stereocenters. The number of nitrogens with zero attached hydrogens (tertiary/aromatic N) is 1. The molecule has 1 fully saturated rings. The van der Waals surface area contributed by atoms with Gasteiger partial charge in [0.2, 0.25) is 0 Å². The zero-order valence-electron chi connectivity index (χ0n) is 13.4. The van der Waals surface area contributed by atoms with Crippen molar-refractivity contribution in [1.82, 2.24) is 5.32 Å². The van der Waals surface area contributed by atoms with Gasteiger partial charge in [-0.25, -0.2) is 0 Å². The zero-order valence-corrected chi connectivity index (χ0v) is 15.7. The molecule has 0 aromatic heterocycles. The van der Waals surface area contributed by atoms with Crippen LogP contribution in [0.5, 0.6) is 0 Å². The molecule has 1 amide bonds. The Morgan fingerprint density at radius 2 is 1.76 bits per heavy atom. The number of anilines is 2. The average molecular weight is 394 g/mol. The lowest BCUT2D eigenvalue weighted by Crippen LogP contribution is -2.34. The highest BCUT2D eigenvalue weighted by atomic mass is 35.5. The molecule has 0 saturated carbocycles. The van der Waals surface area contributed by atoms with Crippen molar-refractivity contribution >= 4 is 57.8 Å². The molecule has 3 rings (SSSR count). The number of carbonyl (C=O) groups excluding carboxylic acids is 1. The van der Waals surface area contributed by atoms with Crippen molar-refractivity contribution in [1.29, 1.82) is 0 Å². The first-order valence-corrected chi connectivity index (χ1v) is 9.13. The maximum absolute atomic E-state index is 12.4. The SMILES string of the molecule is O=C(NC(=S)Nc1ccccc1N1CCCC1)c1cccc(Cl)c1Cl. The second-order valence-electron chi connectivity index (χ2n) is 5.72. The van der Waals surface area contributed by atoms with Crippen molar-refractivity contribution in [3.8, 4) is 0 Å². The van der Waals surface area contributed by atoms with Crippen LogP contribution in [0.2, 0.25) is 10.0 Å². The van der Waals surface area contributed by atoms with Crippen LogP contribution in [0, 0.1) is 0 Å². The Morgan fingerprint density at radius 1 is 1.04 bits per heavy atom. The van der Waals surface area contributed by atoms with E-state index in [1.54, 1.807) is 18.2 Å². The molecule has 2 N–H and O–H groups in total. The number of thiocarbonyl (C=S) groups is 1. The molecule has 0 radical (unpaired) electrons. The second kappa shape index (κ2) is 8.04. The summed E-state index contributed by atoms with van der Waals surface area (Å²) < 4.78 is 0. The van der Waals surface area contributed by atoms with Gasteiger partial charge in [0, 0.05) is 13.1 Å². The van der Waals surface area contributed by atoms with Gasteiger partial charge in [-0.1, -0.05) is 41.4 Å². The smallest absolute Gasteiger partial charge is 0.258 e. The summed E-state index contributed by atoms with van der Waals surface area (Å²) in [6.45, 7) is 2.05. The number of para-hydroxylation sites is 2. The van der Waals surface area contributed by atoms with Gasteiger partial charge in [-0.3, -0.25) is 10.1 Å². The van der Waals surface area contributed by atoms with Crippen LogP contribution in [0.3, 0.4) is 0 Å². The lowest BCUT2D eigenvalue weighted by atomic mass is 10.2. The molecular weight excluding hydrogens is 377 g/mol. The molecule has 0 unspecified atom stereocenters. The van der Waals surface area contributed by atoms with Gasteiger partial charge in [0.1, 0.15) is 0 Å². The summed E-state index contributed by atoms with van der Waals surface area (Å²) in [4.78, 5) is 14.7. The van der Waals surface area contributed by atoms with Crippen molar-refractivity contribution in [2.75, 3.05) is 23.3 Å². The third kappa shape index (κ3) is 4.24. The van der Waals surface area contributed by atoms with Crippen molar-refractivity contribution in [3.05, 3.63) is 58.1 Å². The summed E-state index contributed by atoms with van der Waals surface area (Å²) in [6.07, 6.45) is 2.37. The Morgan fingerprint density at radius 3 is 2.52 bits per heavy atom. The van der Waals surface area contributed by atoms with Crippen LogP contribution in [-0.4, -0.2) is 24.1 Å². The van der Waals surface area contributed by atoms with E-state index in [0.717, 1.165) is 24.5 Å². The van der Waals surface area contributed by atoms with Crippen LogP contribution < -0.4 is 15.5 Å². The molecule has 0 aliphatic carbocycles. The quantitative estimate of drug-likeness (QED) is 0.740.